The van der Waals surface area contributed by atoms with Gasteiger partial charge in [-0.15, -0.1) is 0 Å². The number of amides is 1. The first-order chi connectivity index (χ1) is 15.4. The molecule has 3 aromatic carbocycles. The van der Waals surface area contributed by atoms with E-state index < -0.39 is 17.5 Å². The highest BCUT2D eigenvalue weighted by Gasteiger charge is 2.43. The lowest BCUT2D eigenvalue weighted by Crippen LogP contribution is -2.43. The van der Waals surface area contributed by atoms with E-state index in [0.717, 1.165) is 5.56 Å². The number of hydrogen-bond donors (Lipinski definition) is 3. The van der Waals surface area contributed by atoms with Gasteiger partial charge in [0.05, 0.1) is 23.9 Å². The van der Waals surface area contributed by atoms with E-state index >= 15 is 4.39 Å². The maximum atomic E-state index is 15.4. The largest absolute Gasteiger partial charge is 0.480 e. The molecule has 1 aliphatic rings. The van der Waals surface area contributed by atoms with Crippen molar-refractivity contribution in [3.63, 3.8) is 0 Å². The Morgan fingerprint density at radius 2 is 1.97 bits per heavy atom. The van der Waals surface area contributed by atoms with Gasteiger partial charge in [0.2, 0.25) is 0 Å². The number of carbonyl (C=O) groups is 1. The van der Waals surface area contributed by atoms with Crippen LogP contribution in [0.4, 0.5) is 14.9 Å². The van der Waals surface area contributed by atoms with Crippen molar-refractivity contribution in [3.05, 3.63) is 82.1 Å². The molecule has 0 aliphatic carbocycles. The molecule has 0 bridgehead atoms. The maximum absolute atomic E-state index is 15.4. The number of fused-ring (bicyclic) bond motifs is 1. The highest BCUT2D eigenvalue weighted by atomic mass is 35.5. The van der Waals surface area contributed by atoms with Gasteiger partial charge in [0.1, 0.15) is 5.75 Å². The molecule has 6 nitrogen and oxygen atoms in total. The number of nitrogens with one attached hydrogen (secondary N) is 2. The van der Waals surface area contributed by atoms with Crippen LogP contribution < -0.4 is 15.4 Å². The van der Waals surface area contributed by atoms with Crippen molar-refractivity contribution in [2.24, 2.45) is 0 Å². The number of rotatable bonds is 5. The summed E-state index contributed by atoms with van der Waals surface area (Å²) in [5.74, 6) is -0.138. The minimum atomic E-state index is -1.18. The highest BCUT2D eigenvalue weighted by Crippen LogP contribution is 2.49. The topological polar surface area (TPSA) is 94.4 Å². The molecule has 162 valence electrons. The lowest BCUT2D eigenvalue weighted by atomic mass is 9.85. The van der Waals surface area contributed by atoms with Gasteiger partial charge in [-0.25, -0.2) is 9.18 Å². The van der Waals surface area contributed by atoms with Crippen LogP contribution in [0.3, 0.4) is 0 Å². The van der Waals surface area contributed by atoms with Gasteiger partial charge in [0.15, 0.2) is 11.4 Å². The Labute approximate surface area is 189 Å². The molecule has 0 radical (unpaired) electrons. The molecule has 0 aromatic heterocycles. The monoisotopic (exact) mass is 451 g/mol. The van der Waals surface area contributed by atoms with Crippen LogP contribution in [0.15, 0.2) is 54.6 Å². The number of benzene rings is 3. The van der Waals surface area contributed by atoms with E-state index in [0.29, 0.717) is 16.9 Å². The molecule has 0 saturated heterocycles. The fraction of sp³-hybridized carbons (Fsp3) is 0.167. The first-order valence-electron chi connectivity index (χ1n) is 9.83. The predicted octanol–water partition coefficient (Wildman–Crippen LogP) is 5.16. The summed E-state index contributed by atoms with van der Waals surface area (Å²) < 4.78 is 21.7. The Bertz CT molecular complexity index is 1240. The van der Waals surface area contributed by atoms with Crippen LogP contribution in [0.2, 0.25) is 5.02 Å². The van der Waals surface area contributed by atoms with E-state index in [1.165, 1.54) is 12.1 Å². The quantitative estimate of drug-likeness (QED) is 0.498. The average molecular weight is 452 g/mol. The van der Waals surface area contributed by atoms with Crippen molar-refractivity contribution in [1.29, 1.82) is 5.26 Å². The van der Waals surface area contributed by atoms with Gasteiger partial charge in [-0.2, -0.15) is 5.26 Å². The molecular weight excluding hydrogens is 433 g/mol. The lowest BCUT2D eigenvalue weighted by Gasteiger charge is -2.29. The van der Waals surface area contributed by atoms with Gasteiger partial charge in [0.25, 0.3) is 0 Å². The molecule has 0 fully saturated rings. The Balaban J connectivity index is 1.92. The number of halogens is 2. The molecule has 8 heteroatoms. The third kappa shape index (κ3) is 3.59. The summed E-state index contributed by atoms with van der Waals surface area (Å²) in [6, 6.07) is 17.6. The Kier molecular flexibility index (Phi) is 5.64. The molecular formula is C24H19ClFN3O3. The zero-order valence-electron chi connectivity index (χ0n) is 17.1. The number of nitriles is 1. The minimum Gasteiger partial charge on any atom is -0.480 e. The summed E-state index contributed by atoms with van der Waals surface area (Å²) in [6.07, 6.45) is -0.950. The number of nitrogens with zero attached hydrogens (tertiary/aromatic N) is 1. The minimum absolute atomic E-state index is 0.0256. The second-order valence-electron chi connectivity index (χ2n) is 7.41. The molecule has 0 unspecified atom stereocenters. The van der Waals surface area contributed by atoms with Crippen LogP contribution in [-0.4, -0.2) is 24.8 Å². The second kappa shape index (κ2) is 8.40. The third-order valence-electron chi connectivity index (χ3n) is 5.59. The van der Waals surface area contributed by atoms with E-state index in [2.05, 4.69) is 10.6 Å². The number of ether oxygens (including phenoxy) is 1. The number of carboxylic acid groups (broad SMARTS) is 1. The summed E-state index contributed by atoms with van der Waals surface area (Å²) in [5, 5.41) is 24.3. The molecule has 1 heterocycles. The van der Waals surface area contributed by atoms with Crippen molar-refractivity contribution in [2.75, 3.05) is 18.9 Å². The molecule has 0 spiro atoms. The maximum Gasteiger partial charge on any atom is 0.404 e. The van der Waals surface area contributed by atoms with Crippen molar-refractivity contribution in [2.45, 2.75) is 12.0 Å². The van der Waals surface area contributed by atoms with Gasteiger partial charge < -0.3 is 20.5 Å². The van der Waals surface area contributed by atoms with E-state index in [1.54, 1.807) is 19.2 Å². The number of anilines is 1. The van der Waals surface area contributed by atoms with Gasteiger partial charge in [-0.05, 0) is 29.8 Å². The Morgan fingerprint density at radius 3 is 2.62 bits per heavy atom. The van der Waals surface area contributed by atoms with Crippen molar-refractivity contribution in [1.82, 2.24) is 5.32 Å². The molecule has 1 aliphatic heterocycles. The van der Waals surface area contributed by atoms with Crippen LogP contribution in [0.25, 0.3) is 11.1 Å². The van der Waals surface area contributed by atoms with Crippen molar-refractivity contribution in [3.8, 4) is 22.9 Å². The Morgan fingerprint density at radius 1 is 1.22 bits per heavy atom. The van der Waals surface area contributed by atoms with E-state index in [-0.39, 0.29) is 34.8 Å². The standard InChI is InChI=1S/C24H19ClFN3O3/c1-28-18-9-7-14(12-27)20(22(18)26)21-16-11-24(13-29-23(30)31,15-5-3-2-4-6-15)32-19(16)10-8-17(21)25/h2-10,28-29H,11,13H2,1H3,(H,30,31)/t24-/m1/s1. The van der Waals surface area contributed by atoms with Crippen molar-refractivity contribution < 1.29 is 19.0 Å². The molecule has 4 rings (SSSR count). The molecule has 1 amide bonds. The predicted molar refractivity (Wildman–Crippen MR) is 120 cm³/mol. The fourth-order valence-electron chi connectivity index (χ4n) is 4.10. The Hall–Kier alpha value is -3.76. The zero-order chi connectivity index (χ0) is 22.9. The fourth-order valence-corrected chi connectivity index (χ4v) is 4.37. The summed E-state index contributed by atoms with van der Waals surface area (Å²) in [7, 11) is 1.59. The second-order valence-corrected chi connectivity index (χ2v) is 7.82. The van der Waals surface area contributed by atoms with Crippen LogP contribution in [-0.2, 0) is 12.0 Å². The van der Waals surface area contributed by atoms with Crippen LogP contribution in [0.5, 0.6) is 5.75 Å². The van der Waals surface area contributed by atoms with Crippen LogP contribution in [0, 0.1) is 17.1 Å². The van der Waals surface area contributed by atoms with E-state index in [9.17, 15) is 15.2 Å². The van der Waals surface area contributed by atoms with Gasteiger partial charge in [0, 0.05) is 35.2 Å². The summed E-state index contributed by atoms with van der Waals surface area (Å²) in [4.78, 5) is 11.3. The van der Waals surface area contributed by atoms with Crippen molar-refractivity contribution >= 4 is 23.4 Å². The van der Waals surface area contributed by atoms with Crippen LogP contribution >= 0.6 is 11.6 Å². The SMILES string of the molecule is CNc1ccc(C#N)c(-c2c(Cl)ccc3c2C[C@@](CNC(=O)O)(c2ccccc2)O3)c1F. The third-order valence-corrected chi connectivity index (χ3v) is 5.91. The molecule has 1 atom stereocenters. The molecule has 3 aromatic rings. The average Bonchev–Trinajstić information content (AvgIpc) is 3.19. The smallest absolute Gasteiger partial charge is 0.404 e. The summed E-state index contributed by atoms with van der Waals surface area (Å²) in [5.41, 5.74) is 1.13. The molecule has 32 heavy (non-hydrogen) atoms. The lowest BCUT2D eigenvalue weighted by molar-refractivity contribution is 0.0898. The molecule has 3 N–H and O–H groups in total. The molecule has 0 saturated carbocycles. The number of hydrogen-bond acceptors (Lipinski definition) is 4. The van der Waals surface area contributed by atoms with Crippen LogP contribution in [0.1, 0.15) is 16.7 Å². The first-order valence-corrected chi connectivity index (χ1v) is 10.2. The zero-order valence-corrected chi connectivity index (χ0v) is 17.8. The van der Waals surface area contributed by atoms with Gasteiger partial charge in [-0.3, -0.25) is 0 Å². The summed E-state index contributed by atoms with van der Waals surface area (Å²) in [6.45, 7) is -0.0256. The first kappa shape index (κ1) is 21.5. The van der Waals surface area contributed by atoms with Gasteiger partial charge >= 0.3 is 6.09 Å². The van der Waals surface area contributed by atoms with Gasteiger partial charge in [-0.1, -0.05) is 41.9 Å². The summed E-state index contributed by atoms with van der Waals surface area (Å²) >= 11 is 6.54. The highest BCUT2D eigenvalue weighted by molar-refractivity contribution is 6.33. The normalized spacial score (nSPS) is 16.6. The van der Waals surface area contributed by atoms with E-state index in [1.807, 2.05) is 36.4 Å². The van der Waals surface area contributed by atoms with E-state index in [4.69, 9.17) is 16.3 Å².